The second-order valence-electron chi connectivity index (χ2n) is 23.6. The van der Waals surface area contributed by atoms with Crippen molar-refractivity contribution in [1.82, 2.24) is 46.5 Å². The Balaban J connectivity index is 1.13. The van der Waals surface area contributed by atoms with Crippen LogP contribution in [0.25, 0.3) is 22.0 Å². The van der Waals surface area contributed by atoms with E-state index >= 15 is 0 Å². The number of carboxylic acids is 1. The SMILES string of the molecule is C=CCOC(=O)C(Cc1c(SCC(NC(=O)CNC(=O)[C@@H](NC(=O)CNC(=O)OCC2c3ccccc3-c3ccccc32)[C@@H](C)CC)C(=O)NC(CC(N)=O)C(=O)N2C[C@H](OC)C[C@H]2C(=O)NC(C(=O)O)[C@@H](C)[C@H](C)OC(C)=O)[nH]c2ccccc12)NS(=O)(=O)c1ccccc1[N+](=O)[O-]. The molecule has 4 unspecified atom stereocenters. The van der Waals surface area contributed by atoms with Gasteiger partial charge in [0.25, 0.3) is 5.69 Å². The maximum absolute atomic E-state index is 14.9. The van der Waals surface area contributed by atoms with Gasteiger partial charge in [-0.25, -0.2) is 18.0 Å². The third kappa shape index (κ3) is 19.7. The van der Waals surface area contributed by atoms with Gasteiger partial charge in [-0.2, -0.15) is 4.72 Å². The molecular formula is C66H79N11O20S2. The van der Waals surface area contributed by atoms with Crippen LogP contribution in [0.2, 0.25) is 0 Å². The highest BCUT2D eigenvalue weighted by Crippen LogP contribution is 2.44. The number of aromatic nitrogens is 1. The zero-order chi connectivity index (χ0) is 72.4. The fraction of sp³-hybridized carbons (Fsp3) is 0.409. The average molecular weight is 1410 g/mol. The van der Waals surface area contributed by atoms with Gasteiger partial charge in [0.2, 0.25) is 51.4 Å². The molecule has 2 aliphatic rings. The molecule has 1 aromatic heterocycles. The molecular weight excluding hydrogens is 1330 g/mol. The third-order valence-electron chi connectivity index (χ3n) is 16.9. The number of carbonyl (C=O) groups is 11. The predicted octanol–water partition coefficient (Wildman–Crippen LogP) is 2.59. The molecule has 5 aromatic rings. The van der Waals surface area contributed by atoms with Crippen molar-refractivity contribution in [1.29, 1.82) is 0 Å². The number of fused-ring (bicyclic) bond motifs is 4. The van der Waals surface area contributed by atoms with E-state index in [2.05, 4.69) is 48.2 Å². The van der Waals surface area contributed by atoms with Crippen LogP contribution in [0.4, 0.5) is 10.5 Å². The van der Waals surface area contributed by atoms with E-state index in [9.17, 15) is 76.4 Å². The minimum Gasteiger partial charge on any atom is -0.480 e. The Morgan fingerprint density at radius 3 is 2.06 bits per heavy atom. The van der Waals surface area contributed by atoms with Crippen LogP contribution < -0.4 is 42.4 Å². The largest absolute Gasteiger partial charge is 0.480 e. The van der Waals surface area contributed by atoms with Crippen LogP contribution in [0.15, 0.2) is 120 Å². The van der Waals surface area contributed by atoms with Crippen LogP contribution in [-0.4, -0.2) is 188 Å². The number of amides is 8. The number of nitrogens with one attached hydrogen (secondary N) is 8. The smallest absolute Gasteiger partial charge is 0.407 e. The summed E-state index contributed by atoms with van der Waals surface area (Å²) in [6.45, 7) is 8.64. The monoisotopic (exact) mass is 1410 g/mol. The molecule has 7 rings (SSSR count). The first-order chi connectivity index (χ1) is 47.1. The number of primary amides is 1. The molecule has 1 aliphatic heterocycles. The fourth-order valence-corrected chi connectivity index (χ4v) is 13.9. The number of carbonyl (C=O) groups excluding carboxylic acids is 10. The summed E-state index contributed by atoms with van der Waals surface area (Å²) in [4.78, 5) is 164. The number of methoxy groups -OCH3 is 1. The van der Waals surface area contributed by atoms with Crippen LogP contribution in [0, 0.1) is 22.0 Å². The number of nitro benzene ring substituents is 1. The molecule has 33 heteroatoms. The Bertz CT molecular complexity index is 3950. The Morgan fingerprint density at radius 2 is 1.43 bits per heavy atom. The van der Waals surface area contributed by atoms with Crippen molar-refractivity contribution in [3.8, 4) is 11.1 Å². The molecule has 2 heterocycles. The van der Waals surface area contributed by atoms with Gasteiger partial charge < -0.3 is 71.6 Å². The molecule has 530 valence electrons. The number of para-hydroxylation sites is 2. The summed E-state index contributed by atoms with van der Waals surface area (Å²) in [6.07, 6.45) is -2.85. The van der Waals surface area contributed by atoms with Gasteiger partial charge in [0.15, 0.2) is 4.90 Å². The number of thioether (sulfide) groups is 1. The number of nitro groups is 1. The van der Waals surface area contributed by atoms with Gasteiger partial charge in [0.05, 0.1) is 29.0 Å². The number of likely N-dealkylation sites (tertiary alicyclic amines) is 1. The van der Waals surface area contributed by atoms with E-state index in [4.69, 9.17) is 24.7 Å². The van der Waals surface area contributed by atoms with Crippen molar-refractivity contribution < 1.29 is 90.1 Å². The summed E-state index contributed by atoms with van der Waals surface area (Å²) in [5, 5.41) is 37.6. The number of benzene rings is 4. The average Bonchev–Trinajstić information content (AvgIpc) is 1.60. The summed E-state index contributed by atoms with van der Waals surface area (Å²) in [5.41, 5.74) is 9.45. The fourth-order valence-electron chi connectivity index (χ4n) is 11.4. The summed E-state index contributed by atoms with van der Waals surface area (Å²) < 4.78 is 51.8. The van der Waals surface area contributed by atoms with Crippen molar-refractivity contribution in [2.75, 3.05) is 45.7 Å². The number of hydrogen-bond acceptors (Lipinski definition) is 20. The van der Waals surface area contributed by atoms with Crippen LogP contribution >= 0.6 is 11.8 Å². The number of aromatic amines is 1. The third-order valence-corrected chi connectivity index (χ3v) is 19.5. The van der Waals surface area contributed by atoms with Crippen LogP contribution in [-0.2, 0) is 83.3 Å². The van der Waals surface area contributed by atoms with Gasteiger partial charge in [-0.15, -0.1) is 11.8 Å². The molecule has 0 radical (unpaired) electrons. The van der Waals surface area contributed by atoms with Gasteiger partial charge in [-0.3, -0.25) is 53.3 Å². The number of sulfonamides is 1. The number of hydrogen-bond donors (Lipinski definition) is 10. The number of aliphatic carboxylic acids is 1. The van der Waals surface area contributed by atoms with Crippen molar-refractivity contribution >= 4 is 104 Å². The first-order valence-electron chi connectivity index (χ1n) is 31.4. The second kappa shape index (κ2) is 34.8. The van der Waals surface area contributed by atoms with E-state index < -0.39 is 183 Å². The maximum atomic E-state index is 14.9. The molecule has 10 atom stereocenters. The second-order valence-corrected chi connectivity index (χ2v) is 26.3. The number of alkyl carbamates (subject to hydrolysis) is 1. The zero-order valence-electron chi connectivity index (χ0n) is 54.9. The Kier molecular flexibility index (Phi) is 26.8. The first-order valence-corrected chi connectivity index (χ1v) is 33.9. The van der Waals surface area contributed by atoms with Gasteiger partial charge in [-0.05, 0) is 52.8 Å². The normalized spacial score (nSPS) is 16.5. The molecule has 0 saturated carbocycles. The number of ether oxygens (including phenoxy) is 4. The Labute approximate surface area is 573 Å². The molecule has 11 N–H and O–H groups in total. The van der Waals surface area contributed by atoms with Crippen molar-refractivity contribution in [3.63, 3.8) is 0 Å². The number of carboxylic acid groups (broad SMARTS) is 1. The highest BCUT2D eigenvalue weighted by molar-refractivity contribution is 7.99. The minimum atomic E-state index is -4.88. The number of H-pyrrole nitrogens is 1. The number of esters is 2. The van der Waals surface area contributed by atoms with Crippen LogP contribution in [0.5, 0.6) is 0 Å². The molecule has 31 nitrogen and oxygen atoms in total. The summed E-state index contributed by atoms with van der Waals surface area (Å²) in [6, 6.07) is 16.4. The van der Waals surface area contributed by atoms with E-state index in [0.29, 0.717) is 17.3 Å². The quantitative estimate of drug-likeness (QED) is 0.00696. The van der Waals surface area contributed by atoms with Gasteiger partial charge in [0, 0.05) is 68.0 Å². The Morgan fingerprint density at radius 1 is 0.808 bits per heavy atom. The lowest BCUT2D eigenvalue weighted by atomic mass is 9.96. The first kappa shape index (κ1) is 76.1. The van der Waals surface area contributed by atoms with Gasteiger partial charge in [0.1, 0.15) is 62.1 Å². The molecule has 1 fully saturated rings. The zero-order valence-corrected chi connectivity index (χ0v) is 56.6. The lowest BCUT2D eigenvalue weighted by molar-refractivity contribution is -0.387. The molecule has 8 amide bonds. The van der Waals surface area contributed by atoms with E-state index in [1.165, 1.54) is 39.2 Å². The number of nitrogens with zero attached hydrogens (tertiary/aromatic N) is 2. The molecule has 0 spiro atoms. The topological polar surface area (TPSA) is 451 Å². The summed E-state index contributed by atoms with van der Waals surface area (Å²) >= 11 is 0.823. The standard InChI is InChI=1S/C66H79N11O20S2/c1-8-26-95-65(88)49(75-99(92,93)53-25-17-16-24-51(53)77(90)91)28-45-44-22-14-15-23-47(44)72-62(45)98-34-50(59(82)71-48(29-54(67)79)63(85)76-32-39(94-7)27-52(76)60(83)74-58(64(86)87)36(4)37(5)97-38(6)78)70-55(80)30-68-61(84)57(35(3)9-2)73-56(81)31-69-66(89)96-33-46-42-20-12-10-18-40(42)41-19-11-13-21-43(41)46/h8,10-25,35-37,39,46,48-50,52,57-58,72,75H,1,9,26-34H2,2-7H3,(H2,67,79)(H,68,84)(H,69,89)(H,70,80)(H,71,82)(H,73,81)(H,74,83)(H,86,87)/t35-,36-,37-,39+,48?,49?,50?,52-,57-,58?/m0/s1. The molecule has 4 aromatic carbocycles. The van der Waals surface area contributed by atoms with Gasteiger partial charge >= 0.3 is 24.0 Å². The van der Waals surface area contributed by atoms with E-state index in [1.807, 2.05) is 48.5 Å². The predicted molar refractivity (Wildman–Crippen MR) is 357 cm³/mol. The summed E-state index contributed by atoms with van der Waals surface area (Å²) in [5.74, 6) is -12.8. The van der Waals surface area contributed by atoms with Crippen molar-refractivity contribution in [2.24, 2.45) is 17.6 Å². The molecule has 0 bridgehead atoms. The maximum Gasteiger partial charge on any atom is 0.407 e. The van der Waals surface area contributed by atoms with E-state index in [1.54, 1.807) is 38.1 Å². The number of rotatable bonds is 35. The van der Waals surface area contributed by atoms with Crippen molar-refractivity contribution in [2.45, 2.75) is 125 Å². The Hall–Kier alpha value is -10.3. The van der Waals surface area contributed by atoms with E-state index in [-0.39, 0.29) is 42.7 Å². The van der Waals surface area contributed by atoms with Crippen molar-refractivity contribution in [3.05, 3.63) is 137 Å². The van der Waals surface area contributed by atoms with Gasteiger partial charge in [-0.1, -0.05) is 119 Å². The highest BCUT2D eigenvalue weighted by atomic mass is 32.2. The minimum absolute atomic E-state index is 0.0405. The molecule has 1 aliphatic carbocycles. The number of nitrogens with two attached hydrogens (primary N) is 1. The summed E-state index contributed by atoms with van der Waals surface area (Å²) in [7, 11) is -3.60. The molecule has 1 saturated heterocycles. The van der Waals surface area contributed by atoms with E-state index in [0.717, 1.165) is 58.0 Å². The molecule has 99 heavy (non-hydrogen) atoms. The lowest BCUT2D eigenvalue weighted by Gasteiger charge is -2.31. The van der Waals surface area contributed by atoms with Crippen LogP contribution in [0.1, 0.15) is 76.5 Å². The lowest BCUT2D eigenvalue weighted by Crippen LogP contribution is -2.59. The van der Waals surface area contributed by atoms with Crippen LogP contribution in [0.3, 0.4) is 0 Å². The highest BCUT2D eigenvalue weighted by Gasteiger charge is 2.45.